The molecule has 0 aliphatic heterocycles. The van der Waals surface area contributed by atoms with Gasteiger partial charge in [0.1, 0.15) is 12.2 Å². The first-order valence-corrected chi connectivity index (χ1v) is 7.87. The molecular formula is C17H26N4. The number of rotatable bonds is 8. The molecule has 0 bridgehead atoms. The summed E-state index contributed by atoms with van der Waals surface area (Å²) < 4.78 is 1.98. The van der Waals surface area contributed by atoms with E-state index in [4.69, 9.17) is 0 Å². The van der Waals surface area contributed by atoms with E-state index in [1.807, 2.05) is 11.6 Å². The van der Waals surface area contributed by atoms with E-state index in [0.29, 0.717) is 6.04 Å². The van der Waals surface area contributed by atoms with Gasteiger partial charge < -0.3 is 9.88 Å². The summed E-state index contributed by atoms with van der Waals surface area (Å²) in [5.41, 5.74) is 1.35. The molecule has 0 aliphatic rings. The zero-order chi connectivity index (χ0) is 15.1. The van der Waals surface area contributed by atoms with Gasteiger partial charge in [-0.1, -0.05) is 56.5 Å². The summed E-state index contributed by atoms with van der Waals surface area (Å²) in [6.07, 6.45) is 6.68. The highest BCUT2D eigenvalue weighted by molar-refractivity contribution is 5.19. The Hall–Kier alpha value is -1.68. The Balaban J connectivity index is 2.06. The highest BCUT2D eigenvalue weighted by atomic mass is 15.3. The monoisotopic (exact) mass is 286 g/mol. The smallest absolute Gasteiger partial charge is 0.149 e. The number of nitrogens with zero attached hydrogens (tertiary/aromatic N) is 3. The lowest BCUT2D eigenvalue weighted by atomic mass is 9.99. The van der Waals surface area contributed by atoms with Crippen molar-refractivity contribution >= 4 is 0 Å². The van der Waals surface area contributed by atoms with Crippen LogP contribution in [0.5, 0.6) is 0 Å². The van der Waals surface area contributed by atoms with E-state index in [0.717, 1.165) is 12.2 Å². The quantitative estimate of drug-likeness (QED) is 0.751. The van der Waals surface area contributed by atoms with Crippen LogP contribution in [0.1, 0.15) is 63.0 Å². The molecule has 0 saturated carbocycles. The van der Waals surface area contributed by atoms with Gasteiger partial charge in [0.05, 0.1) is 6.04 Å². The highest BCUT2D eigenvalue weighted by Gasteiger charge is 2.17. The number of unbranched alkanes of at least 4 members (excludes halogenated alkanes) is 2. The fraction of sp³-hybridized carbons (Fsp3) is 0.529. The van der Waals surface area contributed by atoms with Crippen molar-refractivity contribution in [1.82, 2.24) is 20.1 Å². The van der Waals surface area contributed by atoms with Gasteiger partial charge >= 0.3 is 0 Å². The van der Waals surface area contributed by atoms with Gasteiger partial charge in [-0.25, -0.2) is 0 Å². The Kier molecular flexibility index (Phi) is 5.93. The van der Waals surface area contributed by atoms with Crippen LogP contribution in [0.4, 0.5) is 0 Å². The molecule has 0 amide bonds. The molecule has 0 saturated heterocycles. The Morgan fingerprint density at radius 1 is 1.19 bits per heavy atom. The maximum Gasteiger partial charge on any atom is 0.149 e. The first-order chi connectivity index (χ1) is 10.2. The van der Waals surface area contributed by atoms with Crippen LogP contribution >= 0.6 is 0 Å². The lowest BCUT2D eigenvalue weighted by molar-refractivity contribution is 0.411. The molecule has 4 nitrogen and oxygen atoms in total. The van der Waals surface area contributed by atoms with Crippen molar-refractivity contribution in [2.75, 3.05) is 0 Å². The van der Waals surface area contributed by atoms with Crippen molar-refractivity contribution in [3.8, 4) is 0 Å². The zero-order valence-electron chi connectivity index (χ0n) is 13.3. The molecule has 2 aromatic rings. The van der Waals surface area contributed by atoms with E-state index in [2.05, 4.69) is 59.7 Å². The number of benzene rings is 1. The van der Waals surface area contributed by atoms with Gasteiger partial charge in [-0.05, 0) is 18.9 Å². The van der Waals surface area contributed by atoms with Gasteiger partial charge in [0.25, 0.3) is 0 Å². The average molecular weight is 286 g/mol. The van der Waals surface area contributed by atoms with Crippen molar-refractivity contribution in [2.24, 2.45) is 7.05 Å². The van der Waals surface area contributed by atoms with Crippen LogP contribution in [-0.2, 0) is 7.05 Å². The number of hydrogen-bond donors (Lipinski definition) is 1. The Morgan fingerprint density at radius 2 is 1.95 bits per heavy atom. The average Bonchev–Trinajstić information content (AvgIpc) is 2.93. The minimum absolute atomic E-state index is 0.185. The van der Waals surface area contributed by atoms with Gasteiger partial charge in [0, 0.05) is 13.1 Å². The maximum absolute atomic E-state index is 4.21. The normalized spacial score (nSPS) is 14.0. The summed E-state index contributed by atoms with van der Waals surface area (Å²) in [6, 6.07) is 11.2. The third kappa shape index (κ3) is 4.39. The molecule has 21 heavy (non-hydrogen) atoms. The van der Waals surface area contributed by atoms with Crippen LogP contribution in [-0.4, -0.2) is 14.8 Å². The van der Waals surface area contributed by atoms with Crippen LogP contribution in [0.25, 0.3) is 0 Å². The van der Waals surface area contributed by atoms with Crippen molar-refractivity contribution in [3.63, 3.8) is 0 Å². The van der Waals surface area contributed by atoms with Crippen LogP contribution in [0.3, 0.4) is 0 Å². The fourth-order valence-corrected chi connectivity index (χ4v) is 2.69. The first-order valence-electron chi connectivity index (χ1n) is 7.87. The first kappa shape index (κ1) is 15.7. The summed E-state index contributed by atoms with van der Waals surface area (Å²) in [5.74, 6) is 0.978. The third-order valence-corrected chi connectivity index (χ3v) is 3.88. The summed E-state index contributed by atoms with van der Waals surface area (Å²) in [6.45, 7) is 4.40. The summed E-state index contributed by atoms with van der Waals surface area (Å²) in [4.78, 5) is 0. The molecule has 0 spiro atoms. The van der Waals surface area contributed by atoms with Crippen molar-refractivity contribution < 1.29 is 0 Å². The van der Waals surface area contributed by atoms with Crippen LogP contribution in [0.2, 0.25) is 0 Å². The second-order valence-electron chi connectivity index (χ2n) is 5.65. The van der Waals surface area contributed by atoms with Gasteiger partial charge in [0.2, 0.25) is 0 Å². The van der Waals surface area contributed by atoms with E-state index in [9.17, 15) is 0 Å². The summed E-state index contributed by atoms with van der Waals surface area (Å²) in [7, 11) is 1.99. The minimum Gasteiger partial charge on any atom is -0.319 e. The number of hydrogen-bond acceptors (Lipinski definition) is 3. The molecule has 114 valence electrons. The van der Waals surface area contributed by atoms with E-state index in [1.54, 1.807) is 6.33 Å². The molecule has 1 heterocycles. The predicted molar refractivity (Wildman–Crippen MR) is 85.9 cm³/mol. The second-order valence-corrected chi connectivity index (χ2v) is 5.65. The van der Waals surface area contributed by atoms with Crippen LogP contribution < -0.4 is 5.32 Å². The van der Waals surface area contributed by atoms with E-state index >= 15 is 0 Å². The molecule has 0 radical (unpaired) electrons. The minimum atomic E-state index is 0.185. The predicted octanol–water partition coefficient (Wildman–Crippen LogP) is 3.79. The molecule has 1 aromatic heterocycles. The van der Waals surface area contributed by atoms with E-state index < -0.39 is 0 Å². The number of aryl methyl sites for hydroxylation is 1. The fourth-order valence-electron chi connectivity index (χ4n) is 2.69. The Labute approximate surface area is 127 Å². The van der Waals surface area contributed by atoms with Crippen molar-refractivity contribution in [2.45, 2.75) is 51.6 Å². The lowest BCUT2D eigenvalue weighted by Gasteiger charge is -2.23. The molecule has 2 rings (SSSR count). The topological polar surface area (TPSA) is 42.7 Å². The summed E-state index contributed by atoms with van der Waals surface area (Å²) in [5, 5.41) is 11.9. The highest BCUT2D eigenvalue weighted by Crippen LogP contribution is 2.23. The largest absolute Gasteiger partial charge is 0.319 e. The number of nitrogens with one attached hydrogen (secondary N) is 1. The SMILES string of the molecule is CCCCCC(NC(C)c1nncn1C)c1ccccc1. The Morgan fingerprint density at radius 3 is 2.57 bits per heavy atom. The third-order valence-electron chi connectivity index (χ3n) is 3.88. The van der Waals surface area contributed by atoms with Gasteiger partial charge in [-0.15, -0.1) is 10.2 Å². The second kappa shape index (κ2) is 7.93. The standard InChI is InChI=1S/C17H26N4/c1-4-5-7-12-16(15-10-8-6-9-11-15)19-14(2)17-20-18-13-21(17)3/h6,8-11,13-14,16,19H,4-5,7,12H2,1-3H3. The molecule has 0 aliphatic carbocycles. The molecule has 2 unspecified atom stereocenters. The molecular weight excluding hydrogens is 260 g/mol. The van der Waals surface area contributed by atoms with E-state index in [1.165, 1.54) is 24.8 Å². The van der Waals surface area contributed by atoms with E-state index in [-0.39, 0.29) is 6.04 Å². The number of aromatic nitrogens is 3. The molecule has 1 aromatic carbocycles. The van der Waals surface area contributed by atoms with Crippen LogP contribution in [0.15, 0.2) is 36.7 Å². The van der Waals surface area contributed by atoms with Gasteiger partial charge in [-0.3, -0.25) is 0 Å². The summed E-state index contributed by atoms with van der Waals surface area (Å²) >= 11 is 0. The lowest BCUT2D eigenvalue weighted by Crippen LogP contribution is -2.26. The molecule has 2 atom stereocenters. The van der Waals surface area contributed by atoms with Gasteiger partial charge in [0.15, 0.2) is 0 Å². The maximum atomic E-state index is 4.21. The Bertz CT molecular complexity index is 521. The molecule has 1 N–H and O–H groups in total. The zero-order valence-corrected chi connectivity index (χ0v) is 13.3. The molecule has 0 fully saturated rings. The van der Waals surface area contributed by atoms with Crippen molar-refractivity contribution in [3.05, 3.63) is 48.0 Å². The van der Waals surface area contributed by atoms with Crippen molar-refractivity contribution in [1.29, 1.82) is 0 Å². The van der Waals surface area contributed by atoms with Gasteiger partial charge in [-0.2, -0.15) is 0 Å². The molecule has 4 heteroatoms. The van der Waals surface area contributed by atoms with Crippen LogP contribution in [0, 0.1) is 0 Å².